The van der Waals surface area contributed by atoms with Crippen LogP contribution in [0.1, 0.15) is 18.4 Å². The molecule has 0 bridgehead atoms. The van der Waals surface area contributed by atoms with E-state index in [4.69, 9.17) is 0 Å². The van der Waals surface area contributed by atoms with Crippen molar-refractivity contribution < 1.29 is 17.6 Å². The lowest BCUT2D eigenvalue weighted by Crippen LogP contribution is -2.51. The minimum Gasteiger partial charge on any atom is -0.334 e. The zero-order valence-electron chi connectivity index (χ0n) is 12.4. The van der Waals surface area contributed by atoms with Gasteiger partial charge in [0, 0.05) is 31.2 Å². The molecule has 2 N–H and O–H groups in total. The second kappa shape index (κ2) is 7.06. The van der Waals surface area contributed by atoms with Crippen molar-refractivity contribution in [2.75, 3.05) is 19.3 Å². The molecular formula is C14H20FN3O3S. The first-order chi connectivity index (χ1) is 10.4. The number of benzene rings is 1. The molecule has 2 rings (SSSR count). The van der Waals surface area contributed by atoms with Gasteiger partial charge in [0.25, 0.3) is 0 Å². The van der Waals surface area contributed by atoms with Gasteiger partial charge >= 0.3 is 6.03 Å². The van der Waals surface area contributed by atoms with Crippen molar-refractivity contribution >= 4 is 16.1 Å². The average Bonchev–Trinajstić information content (AvgIpc) is 2.46. The van der Waals surface area contributed by atoms with Crippen LogP contribution in [-0.4, -0.2) is 44.1 Å². The summed E-state index contributed by atoms with van der Waals surface area (Å²) in [7, 11) is -3.24. The van der Waals surface area contributed by atoms with Gasteiger partial charge in [0.2, 0.25) is 10.0 Å². The fourth-order valence-electron chi connectivity index (χ4n) is 2.42. The van der Waals surface area contributed by atoms with Crippen LogP contribution >= 0.6 is 0 Å². The highest BCUT2D eigenvalue weighted by Gasteiger charge is 2.26. The monoisotopic (exact) mass is 329 g/mol. The van der Waals surface area contributed by atoms with Crippen LogP contribution in [-0.2, 0) is 16.6 Å². The predicted molar refractivity (Wildman–Crippen MR) is 81.2 cm³/mol. The van der Waals surface area contributed by atoms with Gasteiger partial charge in [-0.05, 0) is 18.9 Å². The highest BCUT2D eigenvalue weighted by atomic mass is 32.2. The number of piperidine rings is 1. The molecule has 1 heterocycles. The van der Waals surface area contributed by atoms with Crippen molar-refractivity contribution in [2.24, 2.45) is 0 Å². The molecule has 0 spiro atoms. The third-order valence-corrected chi connectivity index (χ3v) is 4.86. The molecule has 1 fully saturated rings. The van der Waals surface area contributed by atoms with Crippen molar-refractivity contribution in [3.63, 3.8) is 0 Å². The summed E-state index contributed by atoms with van der Waals surface area (Å²) in [6.07, 6.45) is 2.58. The van der Waals surface area contributed by atoms with Gasteiger partial charge in [-0.2, -0.15) is 0 Å². The fourth-order valence-corrected chi connectivity index (χ4v) is 3.33. The van der Waals surface area contributed by atoms with Gasteiger partial charge in [0.05, 0.1) is 6.26 Å². The Hall–Kier alpha value is -1.67. The Labute approximate surface area is 129 Å². The summed E-state index contributed by atoms with van der Waals surface area (Å²) < 4.78 is 37.8. The van der Waals surface area contributed by atoms with E-state index in [0.29, 0.717) is 18.5 Å². The lowest BCUT2D eigenvalue weighted by molar-refractivity contribution is 0.225. The molecule has 0 saturated carbocycles. The van der Waals surface area contributed by atoms with Gasteiger partial charge in [0.15, 0.2) is 0 Å². The Morgan fingerprint density at radius 1 is 1.41 bits per heavy atom. The molecule has 122 valence electrons. The number of nitrogens with one attached hydrogen (secondary N) is 2. The summed E-state index contributed by atoms with van der Waals surface area (Å²) >= 11 is 0. The first-order valence-corrected chi connectivity index (χ1v) is 8.94. The quantitative estimate of drug-likeness (QED) is 0.867. The largest absolute Gasteiger partial charge is 0.334 e. The molecule has 1 atom stereocenters. The number of nitrogens with zero attached hydrogens (tertiary/aromatic N) is 1. The molecule has 6 nitrogen and oxygen atoms in total. The van der Waals surface area contributed by atoms with Gasteiger partial charge in [-0.1, -0.05) is 18.2 Å². The van der Waals surface area contributed by atoms with E-state index in [-0.39, 0.29) is 24.9 Å². The van der Waals surface area contributed by atoms with E-state index in [2.05, 4.69) is 10.6 Å². The number of sulfonamides is 1. The van der Waals surface area contributed by atoms with Crippen molar-refractivity contribution in [1.82, 2.24) is 14.9 Å². The molecule has 22 heavy (non-hydrogen) atoms. The van der Waals surface area contributed by atoms with E-state index < -0.39 is 16.1 Å². The normalized spacial score (nSPS) is 19.6. The Kier molecular flexibility index (Phi) is 5.36. The standard InChI is InChI=1S/C14H20FN3O3S/c1-22(20,21)18-8-4-6-12(10-18)17-14(19)16-9-11-5-2-3-7-13(11)15/h2-3,5,7,12H,4,6,8-10H2,1H3,(H2,16,17,19)/t12-/m1/s1. The third-order valence-electron chi connectivity index (χ3n) is 3.59. The Balaban J connectivity index is 1.83. The Morgan fingerprint density at radius 2 is 2.14 bits per heavy atom. The minimum absolute atomic E-state index is 0.0843. The van der Waals surface area contributed by atoms with E-state index in [1.807, 2.05) is 0 Å². The lowest BCUT2D eigenvalue weighted by Gasteiger charge is -2.31. The number of rotatable bonds is 4. The van der Waals surface area contributed by atoms with Gasteiger partial charge in [-0.3, -0.25) is 0 Å². The summed E-state index contributed by atoms with van der Waals surface area (Å²) in [5.74, 6) is -0.372. The molecule has 1 aromatic carbocycles. The van der Waals surface area contributed by atoms with Crippen molar-refractivity contribution in [2.45, 2.75) is 25.4 Å². The van der Waals surface area contributed by atoms with Crippen LogP contribution < -0.4 is 10.6 Å². The summed E-state index contributed by atoms with van der Waals surface area (Å²) in [6, 6.07) is 5.55. The van der Waals surface area contributed by atoms with Gasteiger partial charge in [-0.15, -0.1) is 0 Å². The Bertz CT molecular complexity index is 636. The van der Waals surface area contributed by atoms with Crippen molar-refractivity contribution in [1.29, 1.82) is 0 Å². The molecular weight excluding hydrogens is 309 g/mol. The number of carbonyl (C=O) groups is 1. The molecule has 8 heteroatoms. The summed E-state index contributed by atoms with van der Waals surface area (Å²) in [4.78, 5) is 11.8. The first-order valence-electron chi connectivity index (χ1n) is 7.09. The van der Waals surface area contributed by atoms with E-state index >= 15 is 0 Å². The SMILES string of the molecule is CS(=O)(=O)N1CCC[C@@H](NC(=O)NCc2ccccc2F)C1. The van der Waals surface area contributed by atoms with Gasteiger partial charge in [-0.25, -0.2) is 21.9 Å². The zero-order chi connectivity index (χ0) is 16.2. The van der Waals surface area contributed by atoms with Crippen LogP contribution in [0.5, 0.6) is 0 Å². The molecule has 1 saturated heterocycles. The maximum atomic E-state index is 13.4. The van der Waals surface area contributed by atoms with Crippen LogP contribution in [0.3, 0.4) is 0 Å². The number of carbonyl (C=O) groups excluding carboxylic acids is 1. The molecule has 1 aromatic rings. The average molecular weight is 329 g/mol. The molecule has 0 aliphatic carbocycles. The van der Waals surface area contributed by atoms with Gasteiger partial charge < -0.3 is 10.6 Å². The second-order valence-electron chi connectivity index (χ2n) is 5.38. The van der Waals surface area contributed by atoms with Crippen LogP contribution in [0.25, 0.3) is 0 Å². The highest BCUT2D eigenvalue weighted by molar-refractivity contribution is 7.88. The third kappa shape index (κ3) is 4.67. The molecule has 0 radical (unpaired) electrons. The number of halogens is 1. The van der Waals surface area contributed by atoms with Crippen LogP contribution in [0.15, 0.2) is 24.3 Å². The van der Waals surface area contributed by atoms with Crippen LogP contribution in [0.2, 0.25) is 0 Å². The fraction of sp³-hybridized carbons (Fsp3) is 0.500. The maximum Gasteiger partial charge on any atom is 0.315 e. The predicted octanol–water partition coefficient (Wildman–Crippen LogP) is 1.05. The molecule has 1 aliphatic heterocycles. The van der Waals surface area contributed by atoms with E-state index in [1.165, 1.54) is 10.4 Å². The second-order valence-corrected chi connectivity index (χ2v) is 7.36. The zero-order valence-corrected chi connectivity index (χ0v) is 13.2. The molecule has 1 aliphatic rings. The van der Waals surface area contributed by atoms with E-state index in [9.17, 15) is 17.6 Å². The number of amides is 2. The van der Waals surface area contributed by atoms with Gasteiger partial charge in [0.1, 0.15) is 5.82 Å². The minimum atomic E-state index is -3.24. The molecule has 0 aromatic heterocycles. The first kappa shape index (κ1) is 16.7. The summed E-state index contributed by atoms with van der Waals surface area (Å²) in [5.41, 5.74) is 0.402. The van der Waals surface area contributed by atoms with Crippen molar-refractivity contribution in [3.8, 4) is 0 Å². The number of hydrogen-bond acceptors (Lipinski definition) is 3. The summed E-state index contributed by atoms with van der Waals surface area (Å²) in [6.45, 7) is 0.834. The topological polar surface area (TPSA) is 78.5 Å². The summed E-state index contributed by atoms with van der Waals surface area (Å²) in [5, 5.41) is 5.31. The van der Waals surface area contributed by atoms with E-state index in [0.717, 1.165) is 12.7 Å². The van der Waals surface area contributed by atoms with Crippen molar-refractivity contribution in [3.05, 3.63) is 35.6 Å². The number of urea groups is 1. The smallest absolute Gasteiger partial charge is 0.315 e. The van der Waals surface area contributed by atoms with Crippen LogP contribution in [0.4, 0.5) is 9.18 Å². The number of hydrogen-bond donors (Lipinski definition) is 2. The highest BCUT2D eigenvalue weighted by Crippen LogP contribution is 2.13. The van der Waals surface area contributed by atoms with E-state index in [1.54, 1.807) is 18.2 Å². The maximum absolute atomic E-state index is 13.4. The molecule has 2 amide bonds. The van der Waals surface area contributed by atoms with Crippen LogP contribution in [0, 0.1) is 5.82 Å². The lowest BCUT2D eigenvalue weighted by atomic mass is 10.1. The Morgan fingerprint density at radius 3 is 2.82 bits per heavy atom. The molecule has 0 unspecified atom stereocenters.